The molecule has 114 valence electrons. The quantitative estimate of drug-likeness (QED) is 0.846. The zero-order valence-electron chi connectivity index (χ0n) is 10.3. The van der Waals surface area contributed by atoms with Crippen LogP contribution in [0.3, 0.4) is 0 Å². The van der Waals surface area contributed by atoms with Crippen LogP contribution < -0.4 is 4.89 Å². The van der Waals surface area contributed by atoms with E-state index in [2.05, 4.69) is 4.84 Å². The van der Waals surface area contributed by atoms with Crippen molar-refractivity contribution in [1.82, 2.24) is 4.89 Å². The van der Waals surface area contributed by atoms with E-state index in [9.17, 15) is 21.6 Å². The fourth-order valence-electron chi connectivity index (χ4n) is 1.36. The maximum absolute atomic E-state index is 11.9. The van der Waals surface area contributed by atoms with E-state index >= 15 is 0 Å². The lowest BCUT2D eigenvalue weighted by molar-refractivity contribution is -0.181. The molecule has 20 heavy (non-hydrogen) atoms. The van der Waals surface area contributed by atoms with Crippen molar-refractivity contribution in [3.05, 3.63) is 27.2 Å². The van der Waals surface area contributed by atoms with E-state index in [0.717, 1.165) is 0 Å². The highest BCUT2D eigenvalue weighted by Crippen LogP contribution is 2.33. The highest BCUT2D eigenvalue weighted by molar-refractivity contribution is 7.89. The molecular weight excluding hydrogens is 342 g/mol. The summed E-state index contributed by atoms with van der Waals surface area (Å²) in [5.74, 6) is 0. The zero-order chi connectivity index (χ0) is 15.7. The highest BCUT2D eigenvalue weighted by atomic mass is 35.5. The Morgan fingerprint density at radius 1 is 1.30 bits per heavy atom. The highest BCUT2D eigenvalue weighted by Gasteiger charge is 2.30. The number of nitrogens with one attached hydrogen (secondary N) is 1. The second-order valence-corrected chi connectivity index (χ2v) is 6.30. The fraction of sp³-hybridized carbons (Fsp3) is 0.400. The average molecular weight is 352 g/mol. The average Bonchev–Trinajstić information content (AvgIpc) is 2.24. The van der Waals surface area contributed by atoms with Crippen molar-refractivity contribution in [3.63, 3.8) is 0 Å². The number of benzene rings is 1. The largest absolute Gasteiger partial charge is 0.413 e. The summed E-state index contributed by atoms with van der Waals surface area (Å²) in [6, 6.07) is 1.45. The Balaban J connectivity index is 3.11. The van der Waals surface area contributed by atoms with Gasteiger partial charge in [-0.3, -0.25) is 4.84 Å². The van der Waals surface area contributed by atoms with Gasteiger partial charge in [-0.05, 0) is 31.0 Å². The smallest absolute Gasteiger partial charge is 0.277 e. The molecule has 0 radical (unpaired) electrons. The molecule has 0 aliphatic carbocycles. The number of hydrogen-bond donors (Lipinski definition) is 1. The molecule has 0 fully saturated rings. The van der Waals surface area contributed by atoms with E-state index in [0.29, 0.717) is 5.56 Å². The van der Waals surface area contributed by atoms with Gasteiger partial charge in [-0.2, -0.15) is 13.2 Å². The standard InChI is InChI=1S/C10H10Cl2F3NO3S/c1-5-3-7(11)6(2)9(8(5)12)20(17,18)16-19-4-10(13,14)15/h3,16H,4H2,1-2H3. The molecule has 0 atom stereocenters. The van der Waals surface area contributed by atoms with E-state index in [-0.39, 0.29) is 15.6 Å². The molecule has 0 saturated heterocycles. The van der Waals surface area contributed by atoms with Gasteiger partial charge >= 0.3 is 6.18 Å². The van der Waals surface area contributed by atoms with Gasteiger partial charge in [-0.25, -0.2) is 8.42 Å². The molecular formula is C10H10Cl2F3NO3S. The van der Waals surface area contributed by atoms with Gasteiger partial charge in [0.2, 0.25) is 0 Å². The summed E-state index contributed by atoms with van der Waals surface area (Å²) in [6.07, 6.45) is -4.66. The molecule has 0 aromatic heterocycles. The van der Waals surface area contributed by atoms with Gasteiger partial charge < -0.3 is 0 Å². The van der Waals surface area contributed by atoms with Crippen molar-refractivity contribution >= 4 is 33.2 Å². The van der Waals surface area contributed by atoms with Gasteiger partial charge in [0.15, 0.2) is 6.61 Å². The van der Waals surface area contributed by atoms with Crippen LogP contribution >= 0.6 is 23.2 Å². The Morgan fingerprint density at radius 2 is 1.85 bits per heavy atom. The monoisotopic (exact) mass is 351 g/mol. The zero-order valence-corrected chi connectivity index (χ0v) is 12.6. The van der Waals surface area contributed by atoms with Crippen molar-refractivity contribution in [2.75, 3.05) is 6.61 Å². The number of sulfonamides is 1. The molecule has 1 N–H and O–H groups in total. The van der Waals surface area contributed by atoms with Gasteiger partial charge in [0, 0.05) is 5.02 Å². The summed E-state index contributed by atoms with van der Waals surface area (Å²) in [5.41, 5.74) is 0.490. The summed E-state index contributed by atoms with van der Waals surface area (Å²) in [5, 5.41) is -0.00175. The molecule has 1 aromatic carbocycles. The summed E-state index contributed by atoms with van der Waals surface area (Å²) in [4.78, 5) is 4.91. The van der Waals surface area contributed by atoms with E-state index in [1.165, 1.54) is 24.8 Å². The Labute approximate surface area is 123 Å². The molecule has 0 spiro atoms. The molecule has 0 heterocycles. The lowest BCUT2D eigenvalue weighted by Crippen LogP contribution is -2.30. The molecule has 0 bridgehead atoms. The third-order valence-corrected chi connectivity index (χ3v) is 4.64. The van der Waals surface area contributed by atoms with Crippen LogP contribution in [0.15, 0.2) is 11.0 Å². The van der Waals surface area contributed by atoms with Crippen LogP contribution in [-0.4, -0.2) is 21.2 Å². The molecule has 0 aliphatic heterocycles. The molecule has 4 nitrogen and oxygen atoms in total. The minimum atomic E-state index is -4.66. The van der Waals surface area contributed by atoms with Crippen molar-refractivity contribution < 1.29 is 26.4 Å². The Kier molecular flexibility index (Phi) is 5.31. The molecule has 0 aliphatic rings. The minimum Gasteiger partial charge on any atom is -0.277 e. The second kappa shape index (κ2) is 6.07. The lowest BCUT2D eigenvalue weighted by Gasteiger charge is -2.14. The van der Waals surface area contributed by atoms with E-state index in [1.54, 1.807) is 0 Å². The predicted octanol–water partition coefficient (Wildman–Crippen LogP) is 3.38. The van der Waals surface area contributed by atoms with Crippen molar-refractivity contribution in [2.45, 2.75) is 24.9 Å². The maximum Gasteiger partial charge on any atom is 0.413 e. The van der Waals surface area contributed by atoms with Gasteiger partial charge in [0.25, 0.3) is 10.0 Å². The maximum atomic E-state index is 11.9. The van der Waals surface area contributed by atoms with E-state index < -0.39 is 27.7 Å². The molecule has 10 heteroatoms. The van der Waals surface area contributed by atoms with Crippen molar-refractivity contribution in [2.24, 2.45) is 0 Å². The van der Waals surface area contributed by atoms with Crippen LogP contribution in [-0.2, 0) is 14.9 Å². The first-order valence-electron chi connectivity index (χ1n) is 5.11. The second-order valence-electron chi connectivity index (χ2n) is 3.93. The topological polar surface area (TPSA) is 55.4 Å². The van der Waals surface area contributed by atoms with Crippen molar-refractivity contribution in [1.29, 1.82) is 0 Å². The SMILES string of the molecule is Cc1cc(Cl)c(C)c(S(=O)(=O)NOCC(F)(F)F)c1Cl. The number of aryl methyl sites for hydroxylation is 1. The lowest BCUT2D eigenvalue weighted by atomic mass is 10.2. The first kappa shape index (κ1) is 17.5. The van der Waals surface area contributed by atoms with Crippen LogP contribution in [0.2, 0.25) is 10.0 Å². The van der Waals surface area contributed by atoms with Gasteiger partial charge in [-0.15, -0.1) is 0 Å². The van der Waals surface area contributed by atoms with Gasteiger partial charge in [0.05, 0.1) is 5.02 Å². The van der Waals surface area contributed by atoms with Crippen LogP contribution in [0.5, 0.6) is 0 Å². The normalized spacial score (nSPS) is 12.8. The summed E-state index contributed by atoms with van der Waals surface area (Å²) < 4.78 is 59.6. The van der Waals surface area contributed by atoms with E-state index in [1.807, 2.05) is 0 Å². The first-order chi connectivity index (χ1) is 8.96. The number of halogens is 5. The number of rotatable bonds is 4. The van der Waals surface area contributed by atoms with Crippen LogP contribution in [0.25, 0.3) is 0 Å². The van der Waals surface area contributed by atoms with E-state index in [4.69, 9.17) is 23.2 Å². The fourth-order valence-corrected chi connectivity index (χ4v) is 3.39. The predicted molar refractivity (Wildman–Crippen MR) is 68.3 cm³/mol. The number of alkyl halides is 3. The molecule has 0 amide bonds. The van der Waals surface area contributed by atoms with Crippen molar-refractivity contribution in [3.8, 4) is 0 Å². The van der Waals surface area contributed by atoms with Crippen LogP contribution in [0.1, 0.15) is 11.1 Å². The third-order valence-electron chi connectivity index (χ3n) is 2.26. The Bertz CT molecular complexity index is 591. The van der Waals surface area contributed by atoms with Crippen LogP contribution in [0.4, 0.5) is 13.2 Å². The third kappa shape index (κ3) is 4.23. The first-order valence-corrected chi connectivity index (χ1v) is 7.35. The molecule has 1 rings (SSSR count). The Morgan fingerprint density at radius 3 is 2.35 bits per heavy atom. The van der Waals surface area contributed by atoms with Gasteiger partial charge in [-0.1, -0.05) is 28.1 Å². The molecule has 0 saturated carbocycles. The Hall–Kier alpha value is -0.540. The summed E-state index contributed by atoms with van der Waals surface area (Å²) >= 11 is 11.7. The summed E-state index contributed by atoms with van der Waals surface area (Å²) in [6.45, 7) is 1.14. The minimum absolute atomic E-state index is 0.116. The van der Waals surface area contributed by atoms with Gasteiger partial charge in [0.1, 0.15) is 4.90 Å². The number of hydrogen-bond acceptors (Lipinski definition) is 3. The summed E-state index contributed by atoms with van der Waals surface area (Å²) in [7, 11) is -4.38. The van der Waals surface area contributed by atoms with Crippen LogP contribution in [0, 0.1) is 13.8 Å². The molecule has 0 unspecified atom stereocenters. The molecule has 1 aromatic rings.